The second-order valence-corrected chi connectivity index (χ2v) is 7.81. The minimum atomic E-state index is -0.890. The van der Waals surface area contributed by atoms with Gasteiger partial charge in [-0.25, -0.2) is 0 Å². The lowest BCUT2D eigenvalue weighted by molar-refractivity contribution is -0.148. The highest BCUT2D eigenvalue weighted by atomic mass is 16.4. The molecule has 2 aliphatic carbocycles. The number of fused-ring (bicyclic) bond motifs is 2. The van der Waals surface area contributed by atoms with Crippen LogP contribution in [0.2, 0.25) is 0 Å². The first-order valence-electron chi connectivity index (χ1n) is 9.57. The molecule has 1 heterocycles. The number of hydrogen-bond donors (Lipinski definition) is 2. The van der Waals surface area contributed by atoms with E-state index in [9.17, 15) is 19.5 Å². The Labute approximate surface area is 158 Å². The highest BCUT2D eigenvalue weighted by molar-refractivity contribution is 5.95. The Balaban J connectivity index is 1.43. The molecule has 2 bridgehead atoms. The Bertz CT molecular complexity index is 801. The van der Waals surface area contributed by atoms with E-state index < -0.39 is 17.8 Å². The summed E-state index contributed by atoms with van der Waals surface area (Å²) in [6.45, 7) is 2.64. The predicted octanol–water partition coefficient (Wildman–Crippen LogP) is 2.51. The molecule has 0 spiro atoms. The van der Waals surface area contributed by atoms with Crippen LogP contribution in [0.5, 0.6) is 0 Å². The van der Waals surface area contributed by atoms with Crippen LogP contribution < -0.4 is 10.2 Å². The van der Waals surface area contributed by atoms with Crippen LogP contribution in [-0.4, -0.2) is 29.4 Å². The molecule has 1 saturated carbocycles. The van der Waals surface area contributed by atoms with Gasteiger partial charge >= 0.3 is 5.97 Å². The van der Waals surface area contributed by atoms with Crippen LogP contribution >= 0.6 is 0 Å². The van der Waals surface area contributed by atoms with Crippen LogP contribution in [-0.2, 0) is 14.4 Å². The molecular formula is C21H24N2O4. The number of hydrogen-bond acceptors (Lipinski definition) is 3. The van der Waals surface area contributed by atoms with Gasteiger partial charge in [0.1, 0.15) is 0 Å². The lowest BCUT2D eigenvalue weighted by atomic mass is 9.82. The van der Waals surface area contributed by atoms with Crippen LogP contribution in [0, 0.1) is 23.7 Å². The van der Waals surface area contributed by atoms with Crippen LogP contribution in [0.4, 0.5) is 5.69 Å². The number of carbonyl (C=O) groups is 3. The largest absolute Gasteiger partial charge is 0.481 e. The fourth-order valence-electron chi connectivity index (χ4n) is 4.77. The van der Waals surface area contributed by atoms with Gasteiger partial charge in [-0.2, -0.15) is 0 Å². The molecule has 27 heavy (non-hydrogen) atoms. The van der Waals surface area contributed by atoms with Crippen molar-refractivity contribution in [2.75, 3.05) is 11.4 Å². The van der Waals surface area contributed by atoms with E-state index in [0.29, 0.717) is 6.42 Å². The summed E-state index contributed by atoms with van der Waals surface area (Å²) in [5, 5.41) is 12.5. The second kappa shape index (κ2) is 6.83. The maximum absolute atomic E-state index is 12.8. The number of carboxylic acid groups (broad SMARTS) is 1. The molecule has 5 atom stereocenters. The van der Waals surface area contributed by atoms with Gasteiger partial charge < -0.3 is 15.3 Å². The molecule has 2 N–H and O–H groups in total. The molecule has 6 nitrogen and oxygen atoms in total. The number of nitrogens with one attached hydrogen (secondary N) is 1. The number of rotatable bonds is 5. The van der Waals surface area contributed by atoms with Gasteiger partial charge in [-0.05, 0) is 49.3 Å². The molecule has 3 aliphatic rings. The van der Waals surface area contributed by atoms with Crippen molar-refractivity contribution < 1.29 is 19.5 Å². The quantitative estimate of drug-likeness (QED) is 0.782. The SMILES string of the molecule is CC(NC(=O)C1C2C=CC(C2)C1C(=O)O)c1ccc(N2CCCC2=O)cc1. The third kappa shape index (κ3) is 3.13. The van der Waals surface area contributed by atoms with Gasteiger partial charge in [-0.15, -0.1) is 0 Å². The number of benzene rings is 1. The number of nitrogens with zero attached hydrogens (tertiary/aromatic N) is 1. The standard InChI is InChI=1S/C21H24N2O4/c1-12(13-6-8-16(9-7-13)23-10-2-3-17(23)24)22-20(25)18-14-4-5-15(11-14)19(18)21(26)27/h4-9,12,14-15,18-19H,2-3,10-11H2,1H3,(H,22,25)(H,26,27). The van der Waals surface area contributed by atoms with Gasteiger partial charge in [0.15, 0.2) is 0 Å². The van der Waals surface area contributed by atoms with Crippen LogP contribution in [0.15, 0.2) is 36.4 Å². The van der Waals surface area contributed by atoms with Crippen molar-refractivity contribution in [3.05, 3.63) is 42.0 Å². The van der Waals surface area contributed by atoms with Crippen molar-refractivity contribution in [2.45, 2.75) is 32.2 Å². The Morgan fingerprint density at radius 1 is 1.15 bits per heavy atom. The molecular weight excluding hydrogens is 344 g/mol. The lowest BCUT2D eigenvalue weighted by Gasteiger charge is -2.26. The minimum absolute atomic E-state index is 0.0202. The van der Waals surface area contributed by atoms with E-state index in [4.69, 9.17) is 0 Å². The van der Waals surface area contributed by atoms with Gasteiger partial charge in [0.25, 0.3) is 0 Å². The zero-order chi connectivity index (χ0) is 19.1. The van der Waals surface area contributed by atoms with Gasteiger partial charge in [-0.3, -0.25) is 14.4 Å². The van der Waals surface area contributed by atoms with E-state index in [1.807, 2.05) is 43.3 Å². The van der Waals surface area contributed by atoms with Crippen LogP contribution in [0.1, 0.15) is 37.8 Å². The van der Waals surface area contributed by atoms with Crippen LogP contribution in [0.3, 0.4) is 0 Å². The summed E-state index contributed by atoms with van der Waals surface area (Å²) in [4.78, 5) is 38.0. The monoisotopic (exact) mass is 368 g/mol. The Morgan fingerprint density at radius 2 is 1.81 bits per heavy atom. The second-order valence-electron chi connectivity index (χ2n) is 7.81. The van der Waals surface area contributed by atoms with Crippen molar-refractivity contribution in [1.82, 2.24) is 5.32 Å². The molecule has 2 fully saturated rings. The van der Waals surface area contributed by atoms with E-state index in [-0.39, 0.29) is 29.7 Å². The minimum Gasteiger partial charge on any atom is -0.481 e. The topological polar surface area (TPSA) is 86.7 Å². The maximum atomic E-state index is 12.8. The third-order valence-corrected chi connectivity index (χ3v) is 6.18. The number of carboxylic acids is 1. The number of amides is 2. The first kappa shape index (κ1) is 17.8. The van der Waals surface area contributed by atoms with Crippen molar-refractivity contribution in [3.8, 4) is 0 Å². The van der Waals surface area contributed by atoms with Gasteiger partial charge in [-0.1, -0.05) is 24.3 Å². The summed E-state index contributed by atoms with van der Waals surface area (Å²) in [7, 11) is 0. The summed E-state index contributed by atoms with van der Waals surface area (Å²) in [5.41, 5.74) is 1.81. The van der Waals surface area contributed by atoms with E-state index in [2.05, 4.69) is 5.32 Å². The first-order valence-corrected chi connectivity index (χ1v) is 9.57. The molecule has 1 aliphatic heterocycles. The van der Waals surface area contributed by atoms with Crippen molar-refractivity contribution in [3.63, 3.8) is 0 Å². The maximum Gasteiger partial charge on any atom is 0.307 e. The fourth-order valence-corrected chi connectivity index (χ4v) is 4.77. The summed E-state index contributed by atoms with van der Waals surface area (Å²) < 4.78 is 0. The van der Waals surface area contributed by atoms with Crippen molar-refractivity contribution in [1.29, 1.82) is 0 Å². The Hall–Kier alpha value is -2.63. The first-order chi connectivity index (χ1) is 13.0. The highest BCUT2D eigenvalue weighted by Crippen LogP contribution is 2.48. The molecule has 2 amide bonds. The molecule has 6 heteroatoms. The zero-order valence-corrected chi connectivity index (χ0v) is 15.3. The molecule has 142 valence electrons. The predicted molar refractivity (Wildman–Crippen MR) is 99.9 cm³/mol. The number of anilines is 1. The van der Waals surface area contributed by atoms with Gasteiger partial charge in [0.2, 0.25) is 11.8 Å². The molecule has 1 aromatic carbocycles. The zero-order valence-electron chi connectivity index (χ0n) is 15.3. The number of allylic oxidation sites excluding steroid dienone is 2. The highest BCUT2D eigenvalue weighted by Gasteiger charge is 2.51. The van der Waals surface area contributed by atoms with E-state index in [0.717, 1.165) is 30.6 Å². The smallest absolute Gasteiger partial charge is 0.307 e. The summed E-state index contributed by atoms with van der Waals surface area (Å²) in [5.74, 6) is -2.07. The fraction of sp³-hybridized carbons (Fsp3) is 0.476. The van der Waals surface area contributed by atoms with Gasteiger partial charge in [0.05, 0.1) is 17.9 Å². The summed E-state index contributed by atoms with van der Waals surface area (Å²) in [6.07, 6.45) is 6.16. The molecule has 0 aromatic heterocycles. The molecule has 1 aromatic rings. The van der Waals surface area contributed by atoms with Crippen molar-refractivity contribution >= 4 is 23.5 Å². The van der Waals surface area contributed by atoms with Crippen molar-refractivity contribution in [2.24, 2.45) is 23.7 Å². The van der Waals surface area contributed by atoms with Crippen LogP contribution in [0.25, 0.3) is 0 Å². The molecule has 0 radical (unpaired) electrons. The molecule has 5 unspecified atom stereocenters. The Morgan fingerprint density at radius 3 is 2.41 bits per heavy atom. The number of aliphatic carboxylic acids is 1. The molecule has 4 rings (SSSR count). The summed E-state index contributed by atoms with van der Waals surface area (Å²) >= 11 is 0. The van der Waals surface area contributed by atoms with E-state index in [1.54, 1.807) is 4.90 Å². The lowest BCUT2D eigenvalue weighted by Crippen LogP contribution is -2.41. The average molecular weight is 368 g/mol. The molecule has 1 saturated heterocycles. The van der Waals surface area contributed by atoms with E-state index >= 15 is 0 Å². The summed E-state index contributed by atoms with van der Waals surface area (Å²) in [6, 6.07) is 7.42. The van der Waals surface area contributed by atoms with E-state index in [1.165, 1.54) is 0 Å². The average Bonchev–Trinajstić information content (AvgIpc) is 3.37. The number of carbonyl (C=O) groups excluding carboxylic acids is 2. The third-order valence-electron chi connectivity index (χ3n) is 6.18. The normalized spacial score (nSPS) is 30.0. The van der Waals surface area contributed by atoms with Gasteiger partial charge in [0, 0.05) is 18.7 Å². The Kier molecular flexibility index (Phi) is 4.50.